The van der Waals surface area contributed by atoms with E-state index in [9.17, 15) is 0 Å². The van der Waals surface area contributed by atoms with Crippen LogP contribution in [0.2, 0.25) is 0 Å². The van der Waals surface area contributed by atoms with Gasteiger partial charge in [-0.05, 0) is 48.2 Å². The minimum atomic E-state index is 0.473. The normalized spacial score (nSPS) is 17.7. The number of aromatic amines is 1. The molecule has 198 valence electrons. The van der Waals surface area contributed by atoms with Gasteiger partial charge in [-0.15, -0.1) is 11.3 Å². The molecule has 5 aliphatic rings. The van der Waals surface area contributed by atoms with E-state index in [1.807, 2.05) is 11.3 Å². The molecule has 6 aromatic rings. The molecule has 0 fully saturated rings. The predicted octanol–water partition coefficient (Wildman–Crippen LogP) is 10.4. The summed E-state index contributed by atoms with van der Waals surface area (Å²) in [4.78, 5) is 14.3. The first-order valence-electron chi connectivity index (χ1n) is 14.7. The monoisotopic (exact) mass is 555 g/mol. The van der Waals surface area contributed by atoms with Crippen LogP contribution in [0.25, 0.3) is 76.2 Å². The van der Waals surface area contributed by atoms with E-state index in [-0.39, 0.29) is 0 Å². The molecule has 2 atom stereocenters. The average Bonchev–Trinajstić information content (AvgIpc) is 3.78. The first kappa shape index (κ1) is 22.8. The van der Waals surface area contributed by atoms with Crippen molar-refractivity contribution in [2.45, 2.75) is 24.7 Å². The maximum atomic E-state index is 5.28. The van der Waals surface area contributed by atoms with E-state index in [0.717, 1.165) is 33.8 Å². The fraction of sp³-hybridized carbons (Fsp3) is 0.105. The van der Waals surface area contributed by atoms with Gasteiger partial charge in [0.1, 0.15) is 0 Å². The Bertz CT molecular complexity index is 2180. The fourth-order valence-electron chi connectivity index (χ4n) is 7.56. The molecule has 0 amide bonds. The number of aromatic nitrogens is 3. The summed E-state index contributed by atoms with van der Waals surface area (Å²) in [5, 5.41) is 2.38. The number of allylic oxidation sites excluding steroid dienone is 2. The van der Waals surface area contributed by atoms with Gasteiger partial charge in [0.05, 0.1) is 22.8 Å². The predicted molar refractivity (Wildman–Crippen MR) is 175 cm³/mol. The van der Waals surface area contributed by atoms with Crippen LogP contribution in [0.3, 0.4) is 0 Å². The Hall–Kier alpha value is -4.80. The molecule has 0 saturated heterocycles. The average molecular weight is 556 g/mol. The number of thiophene rings is 1. The van der Waals surface area contributed by atoms with Gasteiger partial charge in [0.25, 0.3) is 0 Å². The molecule has 3 aliphatic carbocycles. The fourth-order valence-corrected chi connectivity index (χ4v) is 8.88. The summed E-state index contributed by atoms with van der Waals surface area (Å²) in [5.41, 5.74) is 14.0. The summed E-state index contributed by atoms with van der Waals surface area (Å²) in [6.45, 7) is 0. The van der Waals surface area contributed by atoms with Gasteiger partial charge < -0.3 is 4.98 Å². The van der Waals surface area contributed by atoms with Crippen molar-refractivity contribution in [2.75, 3.05) is 0 Å². The molecule has 0 radical (unpaired) electrons. The van der Waals surface area contributed by atoms with Gasteiger partial charge in [0.15, 0.2) is 0 Å². The van der Waals surface area contributed by atoms with Gasteiger partial charge in [-0.3, -0.25) is 0 Å². The van der Waals surface area contributed by atoms with Crippen molar-refractivity contribution >= 4 is 42.5 Å². The standard InChI is InChI=1S/C38H25N3S/c1-2-8-24-23(7-1)29-17-31-25-9-3-5-11-27(25)33(40-31)19-35-37-21-13-15-22(16-14-21)38(37)36(42-35)20-34-28-12-6-4-10-26(28)32(41-34)18-30(24)39-29/h1-13,15,17-22,39H,14,16H2/t21-,22+. The SMILES string of the molecule is C1=C[C@H]2CC[C@@H]1c1c2c2cc3nc(cc4[nH]c(cc5nc(cc1s2)-c1ccccc1-5)c1ccccc41)-c1ccccc1-3. The zero-order chi connectivity index (χ0) is 27.4. The highest BCUT2D eigenvalue weighted by Gasteiger charge is 2.33. The minimum Gasteiger partial charge on any atom is -0.354 e. The highest BCUT2D eigenvalue weighted by atomic mass is 32.1. The lowest BCUT2D eigenvalue weighted by atomic mass is 9.72. The third kappa shape index (κ3) is 3.16. The smallest absolute Gasteiger partial charge is 0.0737 e. The number of nitrogens with zero attached hydrogens (tertiary/aromatic N) is 2. The van der Waals surface area contributed by atoms with E-state index in [1.165, 1.54) is 66.4 Å². The van der Waals surface area contributed by atoms with Crippen molar-refractivity contribution in [3.05, 3.63) is 120 Å². The zero-order valence-corrected chi connectivity index (χ0v) is 23.6. The highest BCUT2D eigenvalue weighted by molar-refractivity contribution is 7.24. The van der Waals surface area contributed by atoms with Gasteiger partial charge in [0.2, 0.25) is 0 Å². The van der Waals surface area contributed by atoms with E-state index in [4.69, 9.17) is 9.97 Å². The largest absolute Gasteiger partial charge is 0.354 e. The number of benzene rings is 3. The Kier molecular flexibility index (Phi) is 4.55. The van der Waals surface area contributed by atoms with Crippen molar-refractivity contribution in [3.8, 4) is 45.0 Å². The Morgan fingerprint density at radius 2 is 0.929 bits per heavy atom. The van der Waals surface area contributed by atoms with Gasteiger partial charge in [-0.2, -0.15) is 0 Å². The number of hydrogen-bond acceptors (Lipinski definition) is 3. The molecule has 11 rings (SSSR count). The molecule has 1 N–H and O–H groups in total. The Morgan fingerprint density at radius 1 is 0.524 bits per heavy atom. The number of hydrogen-bond donors (Lipinski definition) is 1. The van der Waals surface area contributed by atoms with Crippen LogP contribution in [0.15, 0.2) is 109 Å². The van der Waals surface area contributed by atoms with Crippen molar-refractivity contribution in [2.24, 2.45) is 0 Å². The van der Waals surface area contributed by atoms with Crippen LogP contribution in [0, 0.1) is 0 Å². The molecule has 4 heteroatoms. The van der Waals surface area contributed by atoms with Crippen molar-refractivity contribution < 1.29 is 0 Å². The molecule has 3 aromatic carbocycles. The molecule has 0 saturated carbocycles. The highest BCUT2D eigenvalue weighted by Crippen LogP contribution is 2.52. The van der Waals surface area contributed by atoms with Gasteiger partial charge in [-0.1, -0.05) is 84.9 Å². The minimum absolute atomic E-state index is 0.473. The molecule has 2 aliphatic heterocycles. The quantitative estimate of drug-likeness (QED) is 0.189. The lowest BCUT2D eigenvalue weighted by molar-refractivity contribution is 0.562. The van der Waals surface area contributed by atoms with Gasteiger partial charge >= 0.3 is 0 Å². The Labute approximate surface area is 246 Å². The first-order chi connectivity index (χ1) is 20.8. The second-order valence-corrected chi connectivity index (χ2v) is 12.8. The van der Waals surface area contributed by atoms with Crippen LogP contribution >= 0.6 is 11.3 Å². The second kappa shape index (κ2) is 8.37. The molecule has 5 heterocycles. The number of nitrogens with one attached hydrogen (secondary N) is 1. The number of fused-ring (bicyclic) bond motifs is 18. The van der Waals surface area contributed by atoms with E-state index in [0.29, 0.717) is 11.8 Å². The van der Waals surface area contributed by atoms with Crippen LogP contribution in [0.1, 0.15) is 35.8 Å². The third-order valence-electron chi connectivity index (χ3n) is 9.46. The van der Waals surface area contributed by atoms with Crippen LogP contribution < -0.4 is 0 Å². The molecule has 10 bridgehead atoms. The van der Waals surface area contributed by atoms with Crippen LogP contribution in [0.5, 0.6) is 0 Å². The summed E-state index contributed by atoms with van der Waals surface area (Å²) in [6, 6.07) is 35.1. The van der Waals surface area contributed by atoms with Gasteiger partial charge in [-0.25, -0.2) is 9.97 Å². The van der Waals surface area contributed by atoms with E-state index in [2.05, 4.69) is 114 Å². The maximum absolute atomic E-state index is 5.28. The van der Waals surface area contributed by atoms with E-state index < -0.39 is 0 Å². The van der Waals surface area contributed by atoms with E-state index in [1.54, 1.807) is 0 Å². The molecule has 0 spiro atoms. The number of H-pyrrole nitrogens is 1. The summed E-state index contributed by atoms with van der Waals surface area (Å²) in [6.07, 6.45) is 7.33. The number of rotatable bonds is 0. The summed E-state index contributed by atoms with van der Waals surface area (Å²) >= 11 is 1.91. The molecule has 3 nitrogen and oxygen atoms in total. The molecular formula is C38H25N3S. The summed E-state index contributed by atoms with van der Waals surface area (Å²) in [5.74, 6) is 0.946. The molecule has 3 aromatic heterocycles. The Balaban J connectivity index is 1.41. The zero-order valence-electron chi connectivity index (χ0n) is 22.8. The van der Waals surface area contributed by atoms with Gasteiger partial charge in [0, 0.05) is 65.3 Å². The summed E-state index contributed by atoms with van der Waals surface area (Å²) in [7, 11) is 0. The molecular weight excluding hydrogens is 531 g/mol. The lowest BCUT2D eigenvalue weighted by Crippen LogP contribution is -2.15. The van der Waals surface area contributed by atoms with Crippen molar-refractivity contribution in [3.63, 3.8) is 0 Å². The van der Waals surface area contributed by atoms with E-state index >= 15 is 0 Å². The molecule has 0 unspecified atom stereocenters. The van der Waals surface area contributed by atoms with Crippen LogP contribution in [-0.4, -0.2) is 15.0 Å². The Morgan fingerprint density at radius 3 is 1.36 bits per heavy atom. The molecule has 42 heavy (non-hydrogen) atoms. The third-order valence-corrected chi connectivity index (χ3v) is 10.6. The van der Waals surface area contributed by atoms with Crippen molar-refractivity contribution in [1.82, 2.24) is 15.0 Å². The van der Waals surface area contributed by atoms with Crippen molar-refractivity contribution in [1.29, 1.82) is 0 Å². The summed E-state index contributed by atoms with van der Waals surface area (Å²) < 4.78 is 2.68. The maximum Gasteiger partial charge on any atom is 0.0737 e. The first-order valence-corrected chi connectivity index (χ1v) is 15.6. The van der Waals surface area contributed by atoms with Crippen LogP contribution in [0.4, 0.5) is 0 Å². The second-order valence-electron chi connectivity index (χ2n) is 11.8. The lowest BCUT2D eigenvalue weighted by Gasteiger charge is -2.31. The topological polar surface area (TPSA) is 41.6 Å². The van der Waals surface area contributed by atoms with Crippen LogP contribution in [-0.2, 0) is 0 Å².